The number of nitrogens with zero attached hydrogens (tertiary/aromatic N) is 2. The molecule has 0 aliphatic heterocycles. The van der Waals surface area contributed by atoms with Gasteiger partial charge >= 0.3 is 5.76 Å². The highest BCUT2D eigenvalue weighted by Crippen LogP contribution is 2.20. The van der Waals surface area contributed by atoms with Gasteiger partial charge in [0.15, 0.2) is 5.58 Å². The van der Waals surface area contributed by atoms with Gasteiger partial charge in [-0.2, -0.15) is 0 Å². The van der Waals surface area contributed by atoms with E-state index in [9.17, 15) is 14.0 Å². The van der Waals surface area contributed by atoms with Gasteiger partial charge in [0.25, 0.3) is 0 Å². The molecule has 0 aliphatic rings. The Morgan fingerprint density at radius 1 is 1.17 bits per heavy atom. The van der Waals surface area contributed by atoms with Gasteiger partial charge in [0, 0.05) is 18.8 Å². The molecule has 1 N–H and O–H groups in total. The van der Waals surface area contributed by atoms with Crippen LogP contribution in [0.4, 0.5) is 4.39 Å². The number of benzene rings is 2. The van der Waals surface area contributed by atoms with Crippen molar-refractivity contribution in [3.63, 3.8) is 0 Å². The summed E-state index contributed by atoms with van der Waals surface area (Å²) in [4.78, 5) is 28.9. The minimum atomic E-state index is -0.741. The Balaban J connectivity index is 1.39. The third-order valence-corrected chi connectivity index (χ3v) is 4.59. The van der Waals surface area contributed by atoms with Gasteiger partial charge in [-0.05, 0) is 48.9 Å². The van der Waals surface area contributed by atoms with Crippen LogP contribution < -0.4 is 15.8 Å². The molecule has 2 heterocycles. The van der Waals surface area contributed by atoms with E-state index in [2.05, 4.69) is 10.3 Å². The van der Waals surface area contributed by atoms with Gasteiger partial charge in [0.1, 0.15) is 17.6 Å². The zero-order valence-corrected chi connectivity index (χ0v) is 16.0. The first-order valence-electron chi connectivity index (χ1n) is 9.27. The molecule has 0 saturated carbocycles. The summed E-state index contributed by atoms with van der Waals surface area (Å²) in [7, 11) is 0. The molecule has 0 saturated heterocycles. The van der Waals surface area contributed by atoms with E-state index in [-0.39, 0.29) is 18.3 Å². The summed E-state index contributed by atoms with van der Waals surface area (Å²) in [5, 5.41) is 2.79. The highest BCUT2D eigenvalue weighted by Gasteiger charge is 2.20. The summed E-state index contributed by atoms with van der Waals surface area (Å²) >= 11 is 0. The summed E-state index contributed by atoms with van der Waals surface area (Å²) < 4.78 is 25.0. The molecular weight excluding hydrogens is 389 g/mol. The number of fused-ring (bicyclic) bond motifs is 1. The highest BCUT2D eigenvalue weighted by molar-refractivity contribution is 5.82. The summed E-state index contributed by atoms with van der Waals surface area (Å²) in [6.07, 6.45) is 1.57. The second-order valence-electron chi connectivity index (χ2n) is 6.66. The van der Waals surface area contributed by atoms with E-state index in [1.54, 1.807) is 49.5 Å². The van der Waals surface area contributed by atoms with Crippen LogP contribution in [0.1, 0.15) is 18.5 Å². The lowest BCUT2D eigenvalue weighted by molar-refractivity contribution is -0.124. The molecule has 1 unspecified atom stereocenters. The van der Waals surface area contributed by atoms with E-state index >= 15 is 0 Å². The van der Waals surface area contributed by atoms with Gasteiger partial charge in [0.05, 0.1) is 5.52 Å². The quantitative estimate of drug-likeness (QED) is 0.525. The van der Waals surface area contributed by atoms with Crippen molar-refractivity contribution in [3.8, 4) is 11.6 Å². The van der Waals surface area contributed by atoms with E-state index in [0.29, 0.717) is 22.7 Å². The Kier molecular flexibility index (Phi) is 5.30. The van der Waals surface area contributed by atoms with Crippen molar-refractivity contribution in [3.05, 3.63) is 88.8 Å². The van der Waals surface area contributed by atoms with Gasteiger partial charge in [-0.3, -0.25) is 9.36 Å². The first-order valence-corrected chi connectivity index (χ1v) is 9.27. The normalized spacial score (nSPS) is 11.9. The highest BCUT2D eigenvalue weighted by atomic mass is 19.1. The maximum atomic E-state index is 12.9. The number of nitrogens with one attached hydrogen (secondary N) is 1. The summed E-state index contributed by atoms with van der Waals surface area (Å²) in [5.41, 5.74) is 1.75. The van der Waals surface area contributed by atoms with Crippen LogP contribution in [0.15, 0.2) is 76.1 Å². The Labute approximate surface area is 170 Å². The minimum absolute atomic E-state index is 0.234. The largest absolute Gasteiger partial charge is 0.439 e. The number of carbonyl (C=O) groups is 1. The standard InChI is InChI=1S/C22H18FN3O4/c1-14(26-18-4-2-3-5-19(18)30-22(26)28)21(27)25-13-15-6-11-20(24-12-15)29-17-9-7-16(23)8-10-17/h2-12,14H,13H2,1H3,(H,25,27). The molecule has 4 rings (SSSR count). The monoisotopic (exact) mass is 407 g/mol. The molecule has 2 aromatic carbocycles. The molecule has 1 amide bonds. The third kappa shape index (κ3) is 4.07. The van der Waals surface area contributed by atoms with E-state index in [0.717, 1.165) is 5.56 Å². The van der Waals surface area contributed by atoms with Crippen molar-refractivity contribution in [2.75, 3.05) is 0 Å². The maximum Gasteiger partial charge on any atom is 0.420 e. The molecule has 4 aromatic rings. The number of hydrogen-bond acceptors (Lipinski definition) is 5. The lowest BCUT2D eigenvalue weighted by atomic mass is 10.2. The minimum Gasteiger partial charge on any atom is -0.439 e. The topological polar surface area (TPSA) is 86.4 Å². The zero-order valence-electron chi connectivity index (χ0n) is 16.0. The first-order chi connectivity index (χ1) is 14.5. The lowest BCUT2D eigenvalue weighted by Gasteiger charge is -2.13. The fraction of sp³-hybridized carbons (Fsp3) is 0.136. The van der Waals surface area contributed by atoms with E-state index in [4.69, 9.17) is 9.15 Å². The summed E-state index contributed by atoms with van der Waals surface area (Å²) in [6, 6.07) is 15.2. The van der Waals surface area contributed by atoms with Crippen LogP contribution >= 0.6 is 0 Å². The molecule has 0 spiro atoms. The number of pyridine rings is 1. The van der Waals surface area contributed by atoms with E-state index < -0.39 is 11.8 Å². The molecule has 8 heteroatoms. The van der Waals surface area contributed by atoms with Gasteiger partial charge in [-0.1, -0.05) is 18.2 Å². The van der Waals surface area contributed by atoms with Crippen LogP contribution in [-0.4, -0.2) is 15.5 Å². The summed E-state index contributed by atoms with van der Waals surface area (Å²) in [5.74, 6) is -0.433. The van der Waals surface area contributed by atoms with Crippen molar-refractivity contribution >= 4 is 17.0 Å². The van der Waals surface area contributed by atoms with Crippen molar-refractivity contribution in [1.82, 2.24) is 14.9 Å². The molecule has 30 heavy (non-hydrogen) atoms. The number of aromatic nitrogens is 2. The second kappa shape index (κ2) is 8.20. The number of amides is 1. The zero-order chi connectivity index (χ0) is 21.1. The SMILES string of the molecule is CC(C(=O)NCc1ccc(Oc2ccc(F)cc2)nc1)n1c(=O)oc2ccccc21. The Morgan fingerprint density at radius 2 is 1.93 bits per heavy atom. The Hall–Kier alpha value is -3.94. The fourth-order valence-electron chi connectivity index (χ4n) is 3.00. The first kappa shape index (κ1) is 19.4. The fourth-order valence-corrected chi connectivity index (χ4v) is 3.00. The number of oxazole rings is 1. The predicted molar refractivity (Wildman–Crippen MR) is 108 cm³/mol. The second-order valence-corrected chi connectivity index (χ2v) is 6.66. The molecule has 0 aliphatic carbocycles. The van der Waals surface area contributed by atoms with Crippen LogP contribution in [0.25, 0.3) is 11.1 Å². The molecule has 0 bridgehead atoms. The van der Waals surface area contributed by atoms with E-state index in [1.807, 2.05) is 0 Å². The number of ether oxygens (including phenoxy) is 1. The smallest absolute Gasteiger partial charge is 0.420 e. The molecule has 2 aromatic heterocycles. The summed E-state index contributed by atoms with van der Waals surface area (Å²) in [6.45, 7) is 1.87. The number of hydrogen-bond donors (Lipinski definition) is 1. The molecule has 7 nitrogen and oxygen atoms in total. The number of rotatable bonds is 6. The Bertz CT molecular complexity index is 1230. The number of halogens is 1. The van der Waals surface area contributed by atoms with Crippen LogP contribution in [0.5, 0.6) is 11.6 Å². The lowest BCUT2D eigenvalue weighted by Crippen LogP contribution is -2.34. The number of carbonyl (C=O) groups excluding carboxylic acids is 1. The van der Waals surface area contributed by atoms with Crippen molar-refractivity contribution in [2.45, 2.75) is 19.5 Å². The number of para-hydroxylation sites is 2. The van der Waals surface area contributed by atoms with Crippen molar-refractivity contribution in [2.24, 2.45) is 0 Å². The van der Waals surface area contributed by atoms with Crippen molar-refractivity contribution < 1.29 is 18.3 Å². The average molecular weight is 407 g/mol. The van der Waals surface area contributed by atoms with Gasteiger partial charge in [-0.25, -0.2) is 14.2 Å². The Morgan fingerprint density at radius 3 is 2.67 bits per heavy atom. The van der Waals surface area contributed by atoms with Crippen LogP contribution in [-0.2, 0) is 11.3 Å². The van der Waals surface area contributed by atoms with Crippen LogP contribution in [0.2, 0.25) is 0 Å². The molecular formula is C22H18FN3O4. The van der Waals surface area contributed by atoms with Crippen molar-refractivity contribution in [1.29, 1.82) is 0 Å². The molecule has 0 fully saturated rings. The average Bonchev–Trinajstić information content (AvgIpc) is 3.09. The van der Waals surface area contributed by atoms with Gasteiger partial charge in [0.2, 0.25) is 11.8 Å². The van der Waals surface area contributed by atoms with E-state index in [1.165, 1.54) is 28.8 Å². The third-order valence-electron chi connectivity index (χ3n) is 4.59. The maximum absolute atomic E-state index is 12.9. The van der Waals surface area contributed by atoms with Gasteiger partial charge < -0.3 is 14.5 Å². The van der Waals surface area contributed by atoms with Crippen LogP contribution in [0, 0.1) is 5.82 Å². The molecule has 0 radical (unpaired) electrons. The predicted octanol–water partition coefficient (Wildman–Crippen LogP) is 3.80. The van der Waals surface area contributed by atoms with Gasteiger partial charge in [-0.15, -0.1) is 0 Å². The van der Waals surface area contributed by atoms with Crippen LogP contribution in [0.3, 0.4) is 0 Å². The molecule has 152 valence electrons. The molecule has 1 atom stereocenters.